The van der Waals surface area contributed by atoms with Crippen molar-refractivity contribution in [2.75, 3.05) is 0 Å². The third-order valence-electron chi connectivity index (χ3n) is 2.23. The van der Waals surface area contributed by atoms with Crippen LogP contribution in [0, 0.1) is 0 Å². The molecule has 2 nitrogen and oxygen atoms in total. The molecule has 1 N–H and O–H groups in total. The molecule has 0 bridgehead atoms. The van der Waals surface area contributed by atoms with Gasteiger partial charge in [-0.15, -0.1) is 6.58 Å². The Balaban J connectivity index is 2.47. The molecule has 1 unspecified atom stereocenters. The van der Waals surface area contributed by atoms with Crippen molar-refractivity contribution in [3.63, 3.8) is 0 Å². The summed E-state index contributed by atoms with van der Waals surface area (Å²) in [6.45, 7) is 3.59. The smallest absolute Gasteiger partial charge is 0.148 e. The molecule has 0 aliphatic heterocycles. The van der Waals surface area contributed by atoms with E-state index < -0.39 is 6.10 Å². The van der Waals surface area contributed by atoms with Crippen LogP contribution < -0.4 is 0 Å². The van der Waals surface area contributed by atoms with Gasteiger partial charge in [0, 0.05) is 5.39 Å². The maximum absolute atomic E-state index is 9.73. The quantitative estimate of drug-likeness (QED) is 0.858. The Morgan fingerprint density at radius 1 is 1.53 bits per heavy atom. The Hall–Kier alpha value is -1.06. The third-order valence-corrected chi connectivity index (χ3v) is 2.86. The van der Waals surface area contributed by atoms with Crippen LogP contribution in [-0.2, 0) is 0 Å². The zero-order valence-electron chi connectivity index (χ0n) is 8.11. The number of para-hydroxylation sites is 1. The molecular weight excluding hydrogens is 256 g/mol. The van der Waals surface area contributed by atoms with E-state index in [0.29, 0.717) is 12.2 Å². The van der Waals surface area contributed by atoms with Gasteiger partial charge in [-0.05, 0) is 34.5 Å². The van der Waals surface area contributed by atoms with Gasteiger partial charge < -0.3 is 9.52 Å². The van der Waals surface area contributed by atoms with Crippen LogP contribution in [0.4, 0.5) is 0 Å². The highest BCUT2D eigenvalue weighted by Gasteiger charge is 2.12. The number of hydrogen-bond acceptors (Lipinski definition) is 2. The normalized spacial score (nSPS) is 12.9. The second-order valence-corrected chi connectivity index (χ2v) is 4.20. The van der Waals surface area contributed by atoms with Gasteiger partial charge in [0.2, 0.25) is 0 Å². The van der Waals surface area contributed by atoms with Crippen LogP contribution in [0.25, 0.3) is 11.0 Å². The van der Waals surface area contributed by atoms with Crippen molar-refractivity contribution < 1.29 is 9.52 Å². The van der Waals surface area contributed by atoms with Gasteiger partial charge in [0.15, 0.2) is 0 Å². The molecule has 0 fully saturated rings. The summed E-state index contributed by atoms with van der Waals surface area (Å²) in [5.74, 6) is 0.580. The van der Waals surface area contributed by atoms with Crippen molar-refractivity contribution >= 4 is 26.9 Å². The number of hydrogen-bond donors (Lipinski definition) is 1. The fraction of sp³-hybridized carbons (Fsp3) is 0.167. The molecule has 0 saturated heterocycles. The van der Waals surface area contributed by atoms with Crippen LogP contribution in [0.3, 0.4) is 0 Å². The Bertz CT molecular complexity index is 487. The Labute approximate surface area is 96.3 Å². The molecule has 1 aromatic carbocycles. The molecular formula is C12H11BrO2. The zero-order valence-corrected chi connectivity index (χ0v) is 9.70. The fourth-order valence-electron chi connectivity index (χ4n) is 1.49. The van der Waals surface area contributed by atoms with E-state index in [1.54, 1.807) is 6.08 Å². The SMILES string of the molecule is C=CCC(O)c1cc2cccc(Br)c2o1. The lowest BCUT2D eigenvalue weighted by atomic mass is 10.2. The minimum absolute atomic E-state index is 0.497. The number of furan rings is 1. The van der Waals surface area contributed by atoms with Crippen molar-refractivity contribution in [1.82, 2.24) is 0 Å². The van der Waals surface area contributed by atoms with Gasteiger partial charge in [-0.1, -0.05) is 18.2 Å². The molecule has 0 radical (unpaired) electrons. The molecule has 2 rings (SSSR count). The first-order chi connectivity index (χ1) is 7.22. The van der Waals surface area contributed by atoms with E-state index in [4.69, 9.17) is 4.42 Å². The minimum atomic E-state index is -0.609. The van der Waals surface area contributed by atoms with Gasteiger partial charge in [-0.25, -0.2) is 0 Å². The average molecular weight is 267 g/mol. The van der Waals surface area contributed by atoms with Gasteiger partial charge >= 0.3 is 0 Å². The second-order valence-electron chi connectivity index (χ2n) is 3.35. The molecule has 0 saturated carbocycles. The first-order valence-corrected chi connectivity index (χ1v) is 5.48. The largest absolute Gasteiger partial charge is 0.457 e. The first kappa shape index (κ1) is 10.5. The summed E-state index contributed by atoms with van der Waals surface area (Å²) in [6, 6.07) is 7.66. The molecule has 0 spiro atoms. The summed E-state index contributed by atoms with van der Waals surface area (Å²) in [5.41, 5.74) is 0.774. The summed E-state index contributed by atoms with van der Waals surface area (Å²) < 4.78 is 6.47. The summed E-state index contributed by atoms with van der Waals surface area (Å²) in [6.07, 6.45) is 1.56. The molecule has 1 aromatic heterocycles. The van der Waals surface area contributed by atoms with Crippen LogP contribution in [-0.4, -0.2) is 5.11 Å². The highest BCUT2D eigenvalue weighted by Crippen LogP contribution is 2.30. The van der Waals surface area contributed by atoms with Crippen LogP contribution in [0.15, 0.2) is 45.8 Å². The van der Waals surface area contributed by atoms with E-state index in [1.165, 1.54) is 0 Å². The first-order valence-electron chi connectivity index (χ1n) is 4.69. The number of rotatable bonds is 3. The lowest BCUT2D eigenvalue weighted by Crippen LogP contribution is -1.91. The second kappa shape index (κ2) is 4.21. The summed E-state index contributed by atoms with van der Waals surface area (Å²) >= 11 is 3.40. The van der Waals surface area contributed by atoms with Crippen molar-refractivity contribution in [2.45, 2.75) is 12.5 Å². The molecule has 0 aliphatic rings. The molecule has 0 aliphatic carbocycles. The van der Waals surface area contributed by atoms with E-state index >= 15 is 0 Å². The Kier molecular flexibility index (Phi) is 2.93. The van der Waals surface area contributed by atoms with Crippen LogP contribution in [0.2, 0.25) is 0 Å². The minimum Gasteiger partial charge on any atom is -0.457 e. The van der Waals surface area contributed by atoms with Gasteiger partial charge in [0.1, 0.15) is 17.4 Å². The van der Waals surface area contributed by atoms with Gasteiger partial charge in [-0.3, -0.25) is 0 Å². The van der Waals surface area contributed by atoms with Crippen molar-refractivity contribution in [3.05, 3.63) is 47.2 Å². The topological polar surface area (TPSA) is 33.4 Å². The Morgan fingerprint density at radius 2 is 2.33 bits per heavy atom. The van der Waals surface area contributed by atoms with Crippen molar-refractivity contribution in [2.24, 2.45) is 0 Å². The monoisotopic (exact) mass is 266 g/mol. The molecule has 3 heteroatoms. The molecule has 1 atom stereocenters. The highest BCUT2D eigenvalue weighted by atomic mass is 79.9. The van der Waals surface area contributed by atoms with E-state index in [9.17, 15) is 5.11 Å². The maximum atomic E-state index is 9.73. The van der Waals surface area contributed by atoms with Crippen LogP contribution in [0.1, 0.15) is 18.3 Å². The lowest BCUT2D eigenvalue weighted by Gasteiger charge is -2.02. The molecule has 15 heavy (non-hydrogen) atoms. The van der Waals surface area contributed by atoms with E-state index in [1.807, 2.05) is 24.3 Å². The predicted molar refractivity (Wildman–Crippen MR) is 63.7 cm³/mol. The molecule has 78 valence electrons. The zero-order chi connectivity index (χ0) is 10.8. The van der Waals surface area contributed by atoms with Crippen molar-refractivity contribution in [1.29, 1.82) is 0 Å². The number of aliphatic hydroxyl groups is 1. The summed E-state index contributed by atoms with van der Waals surface area (Å²) in [4.78, 5) is 0. The number of halogens is 1. The number of fused-ring (bicyclic) bond motifs is 1. The third kappa shape index (κ3) is 1.98. The maximum Gasteiger partial charge on any atom is 0.148 e. The van der Waals surface area contributed by atoms with E-state index in [0.717, 1.165) is 15.4 Å². The van der Waals surface area contributed by atoms with Crippen LogP contribution >= 0.6 is 15.9 Å². The van der Waals surface area contributed by atoms with E-state index in [-0.39, 0.29) is 0 Å². The highest BCUT2D eigenvalue weighted by molar-refractivity contribution is 9.10. The standard InChI is InChI=1S/C12H11BrO2/c1-2-4-10(14)11-7-8-5-3-6-9(13)12(8)15-11/h2-3,5-7,10,14H,1,4H2. The molecule has 0 amide bonds. The van der Waals surface area contributed by atoms with Crippen molar-refractivity contribution in [3.8, 4) is 0 Å². The number of aliphatic hydroxyl groups excluding tert-OH is 1. The van der Waals surface area contributed by atoms with Gasteiger partial charge in [0.25, 0.3) is 0 Å². The summed E-state index contributed by atoms with van der Waals surface area (Å²) in [7, 11) is 0. The lowest BCUT2D eigenvalue weighted by molar-refractivity contribution is 0.155. The van der Waals surface area contributed by atoms with Gasteiger partial charge in [0.05, 0.1) is 4.47 Å². The summed E-state index contributed by atoms with van der Waals surface area (Å²) in [5, 5.41) is 10.7. The molecule has 2 aromatic rings. The van der Waals surface area contributed by atoms with Crippen LogP contribution in [0.5, 0.6) is 0 Å². The number of benzene rings is 1. The average Bonchev–Trinajstić information content (AvgIpc) is 2.63. The molecule has 1 heterocycles. The van der Waals surface area contributed by atoms with E-state index in [2.05, 4.69) is 22.5 Å². The predicted octanol–water partition coefficient (Wildman–Crippen LogP) is 3.80. The Morgan fingerprint density at radius 3 is 3.00 bits per heavy atom. The van der Waals surface area contributed by atoms with Gasteiger partial charge in [-0.2, -0.15) is 0 Å². The fourth-order valence-corrected chi connectivity index (χ4v) is 1.95.